The van der Waals surface area contributed by atoms with Crippen molar-refractivity contribution < 1.29 is 9.90 Å². The number of carboxylic acids is 1. The van der Waals surface area contributed by atoms with Gasteiger partial charge in [0.15, 0.2) is 0 Å². The number of pyridine rings is 1. The van der Waals surface area contributed by atoms with Crippen LogP contribution in [-0.2, 0) is 0 Å². The van der Waals surface area contributed by atoms with E-state index in [-0.39, 0.29) is 5.69 Å². The van der Waals surface area contributed by atoms with Gasteiger partial charge >= 0.3 is 5.97 Å². The van der Waals surface area contributed by atoms with Crippen molar-refractivity contribution in [1.82, 2.24) is 4.98 Å². The Bertz CT molecular complexity index is 649. The first-order valence-electron chi connectivity index (χ1n) is 5.22. The predicted octanol–water partition coefficient (Wildman–Crippen LogP) is 3.05. The maximum absolute atomic E-state index is 10.9. The quantitative estimate of drug-likeness (QED) is 0.836. The summed E-state index contributed by atoms with van der Waals surface area (Å²) in [6.07, 6.45) is 4.09. The zero-order valence-corrected chi connectivity index (χ0v) is 9.70. The van der Waals surface area contributed by atoms with E-state index in [2.05, 4.69) is 17.1 Å². The molecule has 1 aliphatic heterocycles. The third-order valence-electron chi connectivity index (χ3n) is 2.70. The summed E-state index contributed by atoms with van der Waals surface area (Å²) in [4.78, 5) is 16.3. The fourth-order valence-corrected chi connectivity index (χ4v) is 2.76. The Balaban J connectivity index is 2.33. The van der Waals surface area contributed by atoms with Gasteiger partial charge < -0.3 is 5.11 Å². The number of thioether (sulfide) groups is 1. The molecular weight excluding hydrogens is 234 g/mol. The van der Waals surface area contributed by atoms with Crippen LogP contribution in [0.1, 0.15) is 16.1 Å². The van der Waals surface area contributed by atoms with E-state index >= 15 is 0 Å². The summed E-state index contributed by atoms with van der Waals surface area (Å²) in [6.45, 7) is 0. The molecule has 2 heterocycles. The maximum atomic E-state index is 10.9. The minimum Gasteiger partial charge on any atom is -0.477 e. The number of nitrogens with zero attached hydrogens (tertiary/aromatic N) is 1. The average Bonchev–Trinajstić information content (AvgIpc) is 2.38. The average molecular weight is 243 g/mol. The lowest BCUT2D eigenvalue weighted by Gasteiger charge is -2.12. The summed E-state index contributed by atoms with van der Waals surface area (Å²) in [6, 6.07) is 7.39. The van der Waals surface area contributed by atoms with Gasteiger partial charge in [-0.25, -0.2) is 9.78 Å². The van der Waals surface area contributed by atoms with Gasteiger partial charge in [-0.1, -0.05) is 24.3 Å². The number of aromatic nitrogens is 1. The Morgan fingerprint density at radius 2 is 2.12 bits per heavy atom. The molecule has 3 rings (SSSR count). The number of aromatic carboxylic acids is 1. The zero-order chi connectivity index (χ0) is 11.8. The first-order chi connectivity index (χ1) is 8.25. The van der Waals surface area contributed by atoms with Crippen LogP contribution in [0.2, 0.25) is 0 Å². The third kappa shape index (κ3) is 1.70. The number of hydrogen-bond acceptors (Lipinski definition) is 3. The second kappa shape index (κ2) is 3.89. The number of rotatable bonds is 1. The van der Waals surface area contributed by atoms with E-state index in [0.29, 0.717) is 0 Å². The Morgan fingerprint density at radius 3 is 2.94 bits per heavy atom. The summed E-state index contributed by atoms with van der Waals surface area (Å²) in [7, 11) is 0. The summed E-state index contributed by atoms with van der Waals surface area (Å²) >= 11 is 1.74. The lowest BCUT2D eigenvalue weighted by Crippen LogP contribution is -2.01. The molecule has 0 bridgehead atoms. The second-order valence-electron chi connectivity index (χ2n) is 3.76. The number of hydrogen-bond donors (Lipinski definition) is 1. The highest BCUT2D eigenvalue weighted by Crippen LogP contribution is 2.33. The van der Waals surface area contributed by atoms with E-state index in [1.807, 2.05) is 12.1 Å². The molecule has 0 unspecified atom stereocenters. The van der Waals surface area contributed by atoms with Crippen molar-refractivity contribution in [3.63, 3.8) is 0 Å². The van der Waals surface area contributed by atoms with E-state index in [9.17, 15) is 4.79 Å². The Kier molecular flexibility index (Phi) is 2.37. The molecule has 0 atom stereocenters. The van der Waals surface area contributed by atoms with E-state index < -0.39 is 5.97 Å². The molecule has 0 fully saturated rings. The molecule has 0 amide bonds. The number of carbonyl (C=O) groups is 1. The summed E-state index contributed by atoms with van der Waals surface area (Å²) < 4.78 is 0. The van der Waals surface area contributed by atoms with Crippen LogP contribution in [0.5, 0.6) is 0 Å². The minimum absolute atomic E-state index is 0.0925. The van der Waals surface area contributed by atoms with Crippen LogP contribution < -0.4 is 0 Å². The molecule has 17 heavy (non-hydrogen) atoms. The monoisotopic (exact) mass is 243 g/mol. The summed E-state index contributed by atoms with van der Waals surface area (Å²) in [5.41, 5.74) is 1.89. The van der Waals surface area contributed by atoms with E-state index in [1.165, 1.54) is 6.07 Å². The zero-order valence-electron chi connectivity index (χ0n) is 8.88. The van der Waals surface area contributed by atoms with Gasteiger partial charge in [0.25, 0.3) is 0 Å². The lowest BCUT2D eigenvalue weighted by molar-refractivity contribution is 0.0691. The highest BCUT2D eigenvalue weighted by Gasteiger charge is 2.12. The molecular formula is C13H9NO2S. The molecule has 1 N–H and O–H groups in total. The molecule has 0 saturated heterocycles. The van der Waals surface area contributed by atoms with Crippen molar-refractivity contribution in [2.75, 3.05) is 5.75 Å². The van der Waals surface area contributed by atoms with Crippen molar-refractivity contribution >= 4 is 34.7 Å². The summed E-state index contributed by atoms with van der Waals surface area (Å²) in [5.74, 6) is -0.0335. The van der Waals surface area contributed by atoms with Crippen molar-refractivity contribution in [3.05, 3.63) is 41.6 Å². The van der Waals surface area contributed by atoms with Crippen LogP contribution in [0, 0.1) is 0 Å². The smallest absolute Gasteiger partial charge is 0.354 e. The van der Waals surface area contributed by atoms with Crippen LogP contribution >= 0.6 is 11.8 Å². The third-order valence-corrected chi connectivity index (χ3v) is 3.73. The predicted molar refractivity (Wildman–Crippen MR) is 68.5 cm³/mol. The SMILES string of the molecule is O=C(O)c1ccc2ccc3c(c2n1)C=CCS3. The summed E-state index contributed by atoms with van der Waals surface area (Å²) in [5, 5.41) is 9.94. The van der Waals surface area contributed by atoms with Gasteiger partial charge in [-0.3, -0.25) is 0 Å². The van der Waals surface area contributed by atoms with E-state index in [4.69, 9.17) is 5.11 Å². The first kappa shape index (κ1) is 10.4. The molecule has 4 heteroatoms. The lowest BCUT2D eigenvalue weighted by atomic mass is 10.1. The van der Waals surface area contributed by atoms with Crippen LogP contribution in [0.15, 0.2) is 35.2 Å². The van der Waals surface area contributed by atoms with Crippen molar-refractivity contribution in [2.24, 2.45) is 0 Å². The first-order valence-corrected chi connectivity index (χ1v) is 6.20. The van der Waals surface area contributed by atoms with E-state index in [1.54, 1.807) is 17.8 Å². The maximum Gasteiger partial charge on any atom is 0.354 e. The molecule has 1 aromatic carbocycles. The fourth-order valence-electron chi connectivity index (χ4n) is 1.90. The topological polar surface area (TPSA) is 50.2 Å². The molecule has 0 spiro atoms. The van der Waals surface area contributed by atoms with Gasteiger partial charge in [0, 0.05) is 21.6 Å². The normalized spacial score (nSPS) is 13.6. The molecule has 3 nitrogen and oxygen atoms in total. The highest BCUT2D eigenvalue weighted by molar-refractivity contribution is 7.99. The van der Waals surface area contributed by atoms with Gasteiger partial charge in [0.1, 0.15) is 5.69 Å². The van der Waals surface area contributed by atoms with Crippen LogP contribution in [0.25, 0.3) is 17.0 Å². The molecule has 0 aliphatic carbocycles. The molecule has 0 radical (unpaired) electrons. The van der Waals surface area contributed by atoms with Gasteiger partial charge in [-0.15, -0.1) is 11.8 Å². The minimum atomic E-state index is -0.989. The Labute approximate surface area is 102 Å². The Morgan fingerprint density at radius 1 is 1.29 bits per heavy atom. The largest absolute Gasteiger partial charge is 0.477 e. The van der Waals surface area contributed by atoms with Crippen molar-refractivity contribution in [2.45, 2.75) is 4.90 Å². The number of fused-ring (bicyclic) bond motifs is 3. The molecule has 2 aromatic rings. The van der Waals surface area contributed by atoms with Crippen LogP contribution in [0.4, 0.5) is 0 Å². The van der Waals surface area contributed by atoms with Gasteiger partial charge in [0.05, 0.1) is 5.52 Å². The van der Waals surface area contributed by atoms with Gasteiger partial charge in [0.2, 0.25) is 0 Å². The van der Waals surface area contributed by atoms with Crippen LogP contribution in [0.3, 0.4) is 0 Å². The second-order valence-corrected chi connectivity index (χ2v) is 4.83. The molecule has 1 aromatic heterocycles. The molecule has 1 aliphatic rings. The number of benzene rings is 1. The van der Waals surface area contributed by atoms with Gasteiger partial charge in [-0.05, 0) is 12.1 Å². The highest BCUT2D eigenvalue weighted by atomic mass is 32.2. The molecule has 0 saturated carbocycles. The fraction of sp³-hybridized carbons (Fsp3) is 0.0769. The Hall–Kier alpha value is -1.81. The molecule has 84 valence electrons. The standard InChI is InChI=1S/C13H9NO2S/c15-13(16)10-5-3-8-4-6-11-9(12(8)14-10)2-1-7-17-11/h1-6H,7H2,(H,15,16). The van der Waals surface area contributed by atoms with Crippen molar-refractivity contribution in [3.8, 4) is 0 Å². The van der Waals surface area contributed by atoms with E-state index in [0.717, 1.165) is 27.1 Å². The number of carboxylic acid groups (broad SMARTS) is 1. The van der Waals surface area contributed by atoms with Crippen molar-refractivity contribution in [1.29, 1.82) is 0 Å². The van der Waals surface area contributed by atoms with Crippen LogP contribution in [-0.4, -0.2) is 21.8 Å². The van der Waals surface area contributed by atoms with Gasteiger partial charge in [-0.2, -0.15) is 0 Å².